The molecule has 0 aliphatic carbocycles. The number of hydrogen-bond acceptors (Lipinski definition) is 3. The molecule has 4 rings (SSSR count). The summed E-state index contributed by atoms with van der Waals surface area (Å²) in [5, 5.41) is 11.4. The Morgan fingerprint density at radius 2 is 1.78 bits per heavy atom. The van der Waals surface area contributed by atoms with Crippen LogP contribution in [-0.2, 0) is 16.9 Å². The first-order chi connectivity index (χ1) is 13.0. The second kappa shape index (κ2) is 7.01. The van der Waals surface area contributed by atoms with Gasteiger partial charge in [-0.15, -0.1) is 0 Å². The Hall–Kier alpha value is -2.33. The minimum Gasteiger partial charge on any atom is -0.445 e. The minimum atomic E-state index is -0.861. The molecule has 0 saturated carbocycles. The van der Waals surface area contributed by atoms with E-state index in [1.54, 1.807) is 0 Å². The largest absolute Gasteiger partial charge is 0.445 e. The van der Waals surface area contributed by atoms with E-state index < -0.39 is 5.60 Å². The molecular weight excluding hydrogens is 338 g/mol. The van der Waals surface area contributed by atoms with Crippen LogP contribution in [0.1, 0.15) is 47.9 Å². The van der Waals surface area contributed by atoms with E-state index in [0.717, 1.165) is 29.5 Å². The van der Waals surface area contributed by atoms with Gasteiger partial charge in [0.25, 0.3) is 0 Å². The summed E-state index contributed by atoms with van der Waals surface area (Å²) in [5.74, 6) is 0. The summed E-state index contributed by atoms with van der Waals surface area (Å²) in [4.78, 5) is 14.6. The Morgan fingerprint density at radius 1 is 1.11 bits per heavy atom. The summed E-state index contributed by atoms with van der Waals surface area (Å²) in [5.41, 5.74) is 3.45. The highest BCUT2D eigenvalue weighted by Gasteiger charge is 2.50. The number of benzene rings is 2. The Bertz CT molecular complexity index is 819. The van der Waals surface area contributed by atoms with Gasteiger partial charge in [0.2, 0.25) is 0 Å². The number of carbonyl (C=O) groups is 1. The lowest BCUT2D eigenvalue weighted by atomic mass is 9.78. The van der Waals surface area contributed by atoms with Crippen LogP contribution < -0.4 is 0 Å². The molecule has 4 nitrogen and oxygen atoms in total. The molecule has 1 N–H and O–H groups in total. The first-order valence-corrected chi connectivity index (χ1v) is 9.75. The van der Waals surface area contributed by atoms with E-state index >= 15 is 0 Å². The van der Waals surface area contributed by atoms with E-state index in [9.17, 15) is 9.90 Å². The summed E-state index contributed by atoms with van der Waals surface area (Å²) in [6, 6.07) is 16.1. The number of piperidine rings is 1. The van der Waals surface area contributed by atoms with E-state index in [4.69, 9.17) is 4.74 Å². The maximum atomic E-state index is 12.7. The van der Waals surface area contributed by atoms with Crippen molar-refractivity contribution in [1.29, 1.82) is 0 Å². The summed E-state index contributed by atoms with van der Waals surface area (Å²) in [6.45, 7) is 4.41. The molecule has 2 heterocycles. The summed E-state index contributed by atoms with van der Waals surface area (Å²) >= 11 is 0. The van der Waals surface area contributed by atoms with Crippen LogP contribution in [0.5, 0.6) is 0 Å². The number of rotatable bonds is 3. The highest BCUT2D eigenvalue weighted by atomic mass is 16.6. The first-order valence-electron chi connectivity index (χ1n) is 9.75. The molecule has 2 saturated heterocycles. The number of nitrogens with zero attached hydrogens (tertiary/aromatic N) is 1. The van der Waals surface area contributed by atoms with Crippen molar-refractivity contribution in [3.05, 3.63) is 70.8 Å². The molecule has 142 valence electrons. The van der Waals surface area contributed by atoms with Crippen molar-refractivity contribution in [2.24, 2.45) is 0 Å². The van der Waals surface area contributed by atoms with Crippen molar-refractivity contribution >= 4 is 6.09 Å². The summed E-state index contributed by atoms with van der Waals surface area (Å²) < 4.78 is 5.57. The minimum absolute atomic E-state index is 0.0396. The molecule has 2 aromatic rings. The van der Waals surface area contributed by atoms with Crippen LogP contribution >= 0.6 is 0 Å². The Balaban J connectivity index is 1.47. The Kier molecular flexibility index (Phi) is 4.68. The van der Waals surface area contributed by atoms with Gasteiger partial charge in [-0.2, -0.15) is 0 Å². The van der Waals surface area contributed by atoms with Crippen LogP contribution in [0.4, 0.5) is 4.79 Å². The number of hydrogen-bond donors (Lipinski definition) is 1. The predicted molar refractivity (Wildman–Crippen MR) is 104 cm³/mol. The van der Waals surface area contributed by atoms with Crippen LogP contribution in [0, 0.1) is 13.8 Å². The molecule has 0 radical (unpaired) electrons. The number of aryl methyl sites for hydroxylation is 2. The zero-order chi connectivity index (χ0) is 19.0. The molecule has 2 fully saturated rings. The zero-order valence-corrected chi connectivity index (χ0v) is 16.0. The van der Waals surface area contributed by atoms with Crippen molar-refractivity contribution in [2.45, 2.75) is 63.8 Å². The molecule has 2 atom stereocenters. The van der Waals surface area contributed by atoms with Gasteiger partial charge >= 0.3 is 6.09 Å². The maximum Gasteiger partial charge on any atom is 0.410 e. The van der Waals surface area contributed by atoms with E-state index in [2.05, 4.69) is 26.0 Å². The Morgan fingerprint density at radius 3 is 2.41 bits per heavy atom. The number of amides is 1. The van der Waals surface area contributed by atoms with Crippen LogP contribution in [0.2, 0.25) is 0 Å². The van der Waals surface area contributed by atoms with E-state index in [-0.39, 0.29) is 24.8 Å². The van der Waals surface area contributed by atoms with E-state index in [0.29, 0.717) is 12.8 Å². The van der Waals surface area contributed by atoms with Gasteiger partial charge in [0.1, 0.15) is 6.61 Å². The third kappa shape index (κ3) is 3.46. The van der Waals surface area contributed by atoms with Crippen LogP contribution in [0.3, 0.4) is 0 Å². The highest BCUT2D eigenvalue weighted by Crippen LogP contribution is 2.46. The molecule has 0 aromatic heterocycles. The van der Waals surface area contributed by atoms with Crippen molar-refractivity contribution in [3.8, 4) is 0 Å². The van der Waals surface area contributed by atoms with E-state index in [1.165, 1.54) is 5.56 Å². The van der Waals surface area contributed by atoms with Gasteiger partial charge in [-0.3, -0.25) is 0 Å². The lowest BCUT2D eigenvalue weighted by molar-refractivity contribution is -0.0540. The van der Waals surface area contributed by atoms with Gasteiger partial charge < -0.3 is 14.7 Å². The summed E-state index contributed by atoms with van der Waals surface area (Å²) in [7, 11) is 0. The fourth-order valence-corrected chi connectivity index (χ4v) is 4.87. The van der Waals surface area contributed by atoms with Crippen molar-refractivity contribution in [3.63, 3.8) is 0 Å². The molecule has 2 aliphatic heterocycles. The van der Waals surface area contributed by atoms with E-state index in [1.807, 2.05) is 41.3 Å². The van der Waals surface area contributed by atoms with Crippen molar-refractivity contribution in [1.82, 2.24) is 4.90 Å². The lowest BCUT2D eigenvalue weighted by Gasteiger charge is -2.44. The van der Waals surface area contributed by atoms with Gasteiger partial charge in [0.15, 0.2) is 0 Å². The molecule has 2 unspecified atom stereocenters. The Labute approximate surface area is 160 Å². The first kappa shape index (κ1) is 18.1. The average molecular weight is 365 g/mol. The third-order valence-electron chi connectivity index (χ3n) is 6.07. The SMILES string of the molecule is Cc1ccc(C2(O)CC3CCC(C2)N3C(=O)OCc2ccccc2)c(C)c1. The lowest BCUT2D eigenvalue weighted by Crippen LogP contribution is -2.52. The molecule has 2 bridgehead atoms. The molecule has 2 aromatic carbocycles. The van der Waals surface area contributed by atoms with Crippen molar-refractivity contribution in [2.75, 3.05) is 0 Å². The highest BCUT2D eigenvalue weighted by molar-refractivity contribution is 5.69. The molecule has 0 spiro atoms. The third-order valence-corrected chi connectivity index (χ3v) is 6.07. The molecule has 4 heteroatoms. The van der Waals surface area contributed by atoms with Crippen LogP contribution in [0.15, 0.2) is 48.5 Å². The van der Waals surface area contributed by atoms with Crippen molar-refractivity contribution < 1.29 is 14.6 Å². The molecule has 1 amide bonds. The quantitative estimate of drug-likeness (QED) is 0.874. The number of fused-ring (bicyclic) bond motifs is 2. The second-order valence-electron chi connectivity index (χ2n) is 8.09. The standard InChI is InChI=1S/C23H27NO3/c1-16-8-11-21(17(2)12-16)23(26)13-19-9-10-20(14-23)24(19)22(25)27-15-18-6-4-3-5-7-18/h3-8,11-12,19-20,26H,9-10,13-15H2,1-2H3. The fourth-order valence-electron chi connectivity index (χ4n) is 4.87. The average Bonchev–Trinajstić information content (AvgIpc) is 2.92. The normalized spacial score (nSPS) is 26.9. The summed E-state index contributed by atoms with van der Waals surface area (Å²) in [6.07, 6.45) is 2.76. The smallest absolute Gasteiger partial charge is 0.410 e. The molecular formula is C23H27NO3. The number of ether oxygens (including phenoxy) is 1. The van der Waals surface area contributed by atoms with Gasteiger partial charge in [-0.1, -0.05) is 54.1 Å². The van der Waals surface area contributed by atoms with Crippen LogP contribution in [-0.4, -0.2) is 28.2 Å². The van der Waals surface area contributed by atoms with Gasteiger partial charge in [-0.05, 0) is 43.4 Å². The predicted octanol–water partition coefficient (Wildman–Crippen LogP) is 4.45. The maximum absolute atomic E-state index is 12.7. The van der Waals surface area contributed by atoms with Gasteiger partial charge in [0, 0.05) is 24.9 Å². The number of carbonyl (C=O) groups excluding carboxylic acids is 1. The molecule has 27 heavy (non-hydrogen) atoms. The van der Waals surface area contributed by atoms with Gasteiger partial charge in [-0.25, -0.2) is 4.79 Å². The number of aliphatic hydroxyl groups is 1. The van der Waals surface area contributed by atoms with Gasteiger partial charge in [0.05, 0.1) is 5.60 Å². The monoisotopic (exact) mass is 365 g/mol. The zero-order valence-electron chi connectivity index (χ0n) is 16.0. The van der Waals surface area contributed by atoms with Crippen LogP contribution in [0.25, 0.3) is 0 Å². The molecule has 2 aliphatic rings. The fraction of sp³-hybridized carbons (Fsp3) is 0.435. The topological polar surface area (TPSA) is 49.8 Å². The second-order valence-corrected chi connectivity index (χ2v) is 8.09.